The Morgan fingerprint density at radius 2 is 2.26 bits per heavy atom. The molecule has 1 amide bonds. The molecule has 0 spiro atoms. The van der Waals surface area contributed by atoms with Crippen LogP contribution in [-0.2, 0) is 17.6 Å². The van der Waals surface area contributed by atoms with Crippen LogP contribution in [0.5, 0.6) is 0 Å². The maximum Gasteiger partial charge on any atom is 0.227 e. The van der Waals surface area contributed by atoms with Crippen LogP contribution < -0.4 is 4.90 Å². The van der Waals surface area contributed by atoms with Gasteiger partial charge in [-0.25, -0.2) is 4.98 Å². The van der Waals surface area contributed by atoms with Crippen LogP contribution in [0.15, 0.2) is 35.2 Å². The fraction of sp³-hybridized carbons (Fsp3) is 0.333. The minimum atomic E-state index is 0.208. The topological polar surface area (TPSA) is 33.2 Å². The molecule has 1 aromatic carbocycles. The molecule has 0 unspecified atom stereocenters. The van der Waals surface area contributed by atoms with Gasteiger partial charge in [-0.3, -0.25) is 4.79 Å². The van der Waals surface area contributed by atoms with Crippen molar-refractivity contribution in [3.63, 3.8) is 0 Å². The third kappa shape index (κ3) is 2.68. The predicted molar refractivity (Wildman–Crippen MR) is 77.6 cm³/mol. The van der Waals surface area contributed by atoms with E-state index in [1.54, 1.807) is 11.3 Å². The molecule has 3 rings (SSSR count). The van der Waals surface area contributed by atoms with Gasteiger partial charge in [0.15, 0.2) is 0 Å². The molecule has 0 aliphatic carbocycles. The van der Waals surface area contributed by atoms with Gasteiger partial charge < -0.3 is 4.90 Å². The Kier molecular flexibility index (Phi) is 3.60. The minimum absolute atomic E-state index is 0.208. The summed E-state index contributed by atoms with van der Waals surface area (Å²) in [5.74, 6) is 0.208. The quantitative estimate of drug-likeness (QED) is 0.860. The molecule has 1 aliphatic rings. The van der Waals surface area contributed by atoms with Crippen LogP contribution in [0.3, 0.4) is 0 Å². The van der Waals surface area contributed by atoms with E-state index in [2.05, 4.69) is 17.1 Å². The molecule has 0 atom stereocenters. The van der Waals surface area contributed by atoms with Crippen molar-refractivity contribution < 1.29 is 4.79 Å². The maximum atomic E-state index is 12.4. The molecular weight excluding hydrogens is 256 g/mol. The van der Waals surface area contributed by atoms with Gasteiger partial charge in [0.1, 0.15) is 0 Å². The van der Waals surface area contributed by atoms with Crippen molar-refractivity contribution in [2.24, 2.45) is 0 Å². The average Bonchev–Trinajstić information content (AvgIpc) is 2.97. The number of carbonyl (C=O) groups excluding carboxylic acids is 1. The second kappa shape index (κ2) is 5.53. The van der Waals surface area contributed by atoms with E-state index in [0.29, 0.717) is 6.42 Å². The molecule has 0 fully saturated rings. The number of anilines is 1. The smallest absolute Gasteiger partial charge is 0.227 e. The van der Waals surface area contributed by atoms with E-state index in [-0.39, 0.29) is 5.91 Å². The summed E-state index contributed by atoms with van der Waals surface area (Å²) in [6.07, 6.45) is 3.41. The molecule has 19 heavy (non-hydrogen) atoms. The van der Waals surface area contributed by atoms with Gasteiger partial charge in [0, 0.05) is 24.0 Å². The number of benzene rings is 1. The summed E-state index contributed by atoms with van der Waals surface area (Å²) in [4.78, 5) is 18.5. The largest absolute Gasteiger partial charge is 0.312 e. The average molecular weight is 272 g/mol. The van der Waals surface area contributed by atoms with E-state index in [1.807, 2.05) is 27.9 Å². The third-order valence-corrected chi connectivity index (χ3v) is 4.13. The van der Waals surface area contributed by atoms with Gasteiger partial charge in [-0.1, -0.05) is 18.2 Å². The van der Waals surface area contributed by atoms with Crippen LogP contribution in [-0.4, -0.2) is 17.4 Å². The molecule has 0 radical (unpaired) electrons. The van der Waals surface area contributed by atoms with Crippen molar-refractivity contribution in [1.82, 2.24) is 4.98 Å². The highest BCUT2D eigenvalue weighted by Crippen LogP contribution is 2.27. The number of thiazole rings is 1. The number of aryl methyl sites for hydroxylation is 2. The first-order valence-corrected chi connectivity index (χ1v) is 7.54. The molecule has 98 valence electrons. The van der Waals surface area contributed by atoms with Crippen LogP contribution >= 0.6 is 11.3 Å². The van der Waals surface area contributed by atoms with Crippen LogP contribution in [0.4, 0.5) is 5.69 Å². The Morgan fingerprint density at radius 3 is 3.11 bits per heavy atom. The number of amides is 1. The fourth-order valence-electron chi connectivity index (χ4n) is 2.52. The summed E-state index contributed by atoms with van der Waals surface area (Å²) in [5, 5.41) is 2.01. The molecule has 1 aliphatic heterocycles. The number of carbonyl (C=O) groups is 1. The van der Waals surface area contributed by atoms with Crippen molar-refractivity contribution in [3.8, 4) is 0 Å². The van der Waals surface area contributed by atoms with Crippen molar-refractivity contribution >= 4 is 22.9 Å². The molecule has 1 aromatic heterocycles. The van der Waals surface area contributed by atoms with E-state index in [9.17, 15) is 4.79 Å². The fourth-order valence-corrected chi connectivity index (χ4v) is 3.12. The van der Waals surface area contributed by atoms with E-state index < -0.39 is 0 Å². The first kappa shape index (κ1) is 12.4. The molecule has 4 heteroatoms. The Morgan fingerprint density at radius 1 is 1.37 bits per heavy atom. The lowest BCUT2D eigenvalue weighted by atomic mass is 10.0. The summed E-state index contributed by atoms with van der Waals surface area (Å²) in [7, 11) is 0. The Labute approximate surface area is 116 Å². The van der Waals surface area contributed by atoms with E-state index in [0.717, 1.165) is 37.2 Å². The molecular formula is C15H16N2OS. The summed E-state index contributed by atoms with van der Waals surface area (Å²) >= 11 is 1.58. The third-order valence-electron chi connectivity index (χ3n) is 3.49. The number of hydrogen-bond acceptors (Lipinski definition) is 3. The predicted octanol–water partition coefficient (Wildman–Crippen LogP) is 3.06. The lowest BCUT2D eigenvalue weighted by molar-refractivity contribution is -0.118. The highest BCUT2D eigenvalue weighted by atomic mass is 32.1. The van der Waals surface area contributed by atoms with Crippen LogP contribution in [0.25, 0.3) is 0 Å². The molecule has 0 saturated heterocycles. The van der Waals surface area contributed by atoms with Crippen LogP contribution in [0.2, 0.25) is 0 Å². The van der Waals surface area contributed by atoms with E-state index in [1.165, 1.54) is 5.56 Å². The summed E-state index contributed by atoms with van der Waals surface area (Å²) in [6.45, 7) is 0.840. The Balaban J connectivity index is 1.71. The van der Waals surface area contributed by atoms with Gasteiger partial charge in [0.25, 0.3) is 0 Å². The minimum Gasteiger partial charge on any atom is -0.312 e. The first-order chi connectivity index (χ1) is 9.34. The molecule has 0 N–H and O–H groups in total. The van der Waals surface area contributed by atoms with Gasteiger partial charge in [0.05, 0.1) is 11.2 Å². The normalized spacial score (nSPS) is 14.2. The molecule has 2 aromatic rings. The number of aromatic nitrogens is 1. The van der Waals surface area contributed by atoms with Crippen molar-refractivity contribution in [2.45, 2.75) is 25.7 Å². The van der Waals surface area contributed by atoms with E-state index >= 15 is 0 Å². The zero-order chi connectivity index (χ0) is 13.1. The lowest BCUT2D eigenvalue weighted by Crippen LogP contribution is -2.35. The standard InChI is InChI=1S/C15H16N2OS/c18-15(8-7-13-10-19-11-16-13)17-9-3-5-12-4-1-2-6-14(12)17/h1-2,4,6,10-11H,3,5,7-9H2. The van der Waals surface area contributed by atoms with Gasteiger partial charge in [0.2, 0.25) is 5.91 Å². The molecule has 3 nitrogen and oxygen atoms in total. The number of rotatable bonds is 3. The van der Waals surface area contributed by atoms with Crippen LogP contribution in [0.1, 0.15) is 24.1 Å². The second-order valence-corrected chi connectivity index (χ2v) is 5.48. The summed E-state index contributed by atoms with van der Waals surface area (Å²) < 4.78 is 0. The SMILES string of the molecule is O=C(CCc1cscn1)N1CCCc2ccccc21. The number of hydrogen-bond donors (Lipinski definition) is 0. The second-order valence-electron chi connectivity index (χ2n) is 4.76. The Hall–Kier alpha value is -1.68. The number of para-hydroxylation sites is 1. The van der Waals surface area contributed by atoms with Gasteiger partial charge in [-0.2, -0.15) is 0 Å². The molecule has 2 heterocycles. The number of nitrogens with zero attached hydrogens (tertiary/aromatic N) is 2. The molecule has 0 bridgehead atoms. The van der Waals surface area contributed by atoms with Crippen LogP contribution in [0, 0.1) is 0 Å². The zero-order valence-corrected chi connectivity index (χ0v) is 11.5. The number of fused-ring (bicyclic) bond motifs is 1. The monoisotopic (exact) mass is 272 g/mol. The maximum absolute atomic E-state index is 12.4. The van der Waals surface area contributed by atoms with Crippen molar-refractivity contribution in [2.75, 3.05) is 11.4 Å². The van der Waals surface area contributed by atoms with Gasteiger partial charge in [-0.05, 0) is 30.9 Å². The van der Waals surface area contributed by atoms with Crippen molar-refractivity contribution in [1.29, 1.82) is 0 Å². The molecule has 0 saturated carbocycles. The lowest BCUT2D eigenvalue weighted by Gasteiger charge is -2.29. The summed E-state index contributed by atoms with van der Waals surface area (Å²) in [6, 6.07) is 8.22. The Bertz CT molecular complexity index is 565. The first-order valence-electron chi connectivity index (χ1n) is 6.60. The summed E-state index contributed by atoms with van der Waals surface area (Å²) in [5.41, 5.74) is 5.21. The highest BCUT2D eigenvalue weighted by Gasteiger charge is 2.21. The zero-order valence-electron chi connectivity index (χ0n) is 10.7. The van der Waals surface area contributed by atoms with Gasteiger partial charge >= 0.3 is 0 Å². The van der Waals surface area contributed by atoms with Gasteiger partial charge in [-0.15, -0.1) is 11.3 Å². The van der Waals surface area contributed by atoms with Crippen molar-refractivity contribution in [3.05, 3.63) is 46.4 Å². The highest BCUT2D eigenvalue weighted by molar-refractivity contribution is 7.07. The van der Waals surface area contributed by atoms with E-state index in [4.69, 9.17) is 0 Å².